The fourth-order valence-electron chi connectivity index (χ4n) is 1.24. The highest BCUT2D eigenvalue weighted by molar-refractivity contribution is 5.59. The van der Waals surface area contributed by atoms with Crippen molar-refractivity contribution in [2.75, 3.05) is 7.11 Å². The lowest BCUT2D eigenvalue weighted by molar-refractivity contribution is 0.407. The van der Waals surface area contributed by atoms with Crippen molar-refractivity contribution in [2.45, 2.75) is 0 Å². The van der Waals surface area contributed by atoms with Crippen LogP contribution in [0.2, 0.25) is 0 Å². The number of methoxy groups -OCH3 is 1. The van der Waals surface area contributed by atoms with E-state index in [-0.39, 0.29) is 17.1 Å². The van der Waals surface area contributed by atoms with Gasteiger partial charge in [-0.15, -0.1) is 0 Å². The Kier molecular flexibility index (Phi) is 2.37. The minimum atomic E-state index is -0.747. The first-order valence-electron chi connectivity index (χ1n) is 4.14. The average molecular weight is 211 g/mol. The molecule has 0 aliphatic rings. The van der Waals surface area contributed by atoms with E-state index in [2.05, 4.69) is 4.98 Å². The van der Waals surface area contributed by atoms with Gasteiger partial charge in [-0.3, -0.25) is 0 Å². The number of rotatable bonds is 2. The summed E-state index contributed by atoms with van der Waals surface area (Å²) in [5.41, 5.74) is -0.242. The normalized spacial score (nSPS) is 10.3. The highest BCUT2D eigenvalue weighted by Crippen LogP contribution is 2.29. The van der Waals surface area contributed by atoms with Crippen LogP contribution in [0.5, 0.6) is 5.75 Å². The van der Waals surface area contributed by atoms with E-state index in [1.54, 1.807) is 0 Å². The Hall–Kier alpha value is -1.91. The molecule has 1 aromatic carbocycles. The van der Waals surface area contributed by atoms with E-state index >= 15 is 0 Å². The van der Waals surface area contributed by atoms with Crippen LogP contribution in [0.15, 0.2) is 29.1 Å². The van der Waals surface area contributed by atoms with E-state index in [1.165, 1.54) is 13.3 Å². The molecule has 0 saturated heterocycles. The molecule has 0 bridgehead atoms. The Bertz CT molecular complexity index is 445. The van der Waals surface area contributed by atoms with E-state index in [1.807, 2.05) is 0 Å². The van der Waals surface area contributed by atoms with Gasteiger partial charge in [-0.05, 0) is 0 Å². The molecule has 0 saturated carbocycles. The quantitative estimate of drug-likeness (QED) is 0.765. The summed E-state index contributed by atoms with van der Waals surface area (Å²) in [4.78, 5) is 3.59. The van der Waals surface area contributed by atoms with Crippen LogP contribution in [0.25, 0.3) is 11.3 Å². The maximum atomic E-state index is 13.5. The second kappa shape index (κ2) is 3.68. The van der Waals surface area contributed by atoms with Gasteiger partial charge >= 0.3 is 0 Å². The number of aromatic nitrogens is 1. The first kappa shape index (κ1) is 9.64. The predicted octanol–water partition coefficient (Wildman–Crippen LogP) is 2.63. The van der Waals surface area contributed by atoms with Gasteiger partial charge in [-0.2, -0.15) is 0 Å². The van der Waals surface area contributed by atoms with E-state index < -0.39 is 11.6 Å². The number of halogens is 2. The first-order chi connectivity index (χ1) is 7.22. The number of nitrogens with zero attached hydrogens (tertiary/aromatic N) is 1. The van der Waals surface area contributed by atoms with E-state index in [0.29, 0.717) is 0 Å². The van der Waals surface area contributed by atoms with Crippen LogP contribution in [-0.4, -0.2) is 12.1 Å². The van der Waals surface area contributed by atoms with Gasteiger partial charge in [0.05, 0.1) is 18.9 Å². The molecule has 0 N–H and O–H groups in total. The van der Waals surface area contributed by atoms with Gasteiger partial charge in [0.15, 0.2) is 12.2 Å². The standard InChI is InChI=1S/C10H7F2NO2/c1-14-6-2-7(11)10(8(12)3-6)9-4-13-5-15-9/h2-5H,1H3. The lowest BCUT2D eigenvalue weighted by Gasteiger charge is -2.04. The second-order valence-electron chi connectivity index (χ2n) is 2.83. The summed E-state index contributed by atoms with van der Waals surface area (Å²) in [5, 5.41) is 0. The third-order valence-electron chi connectivity index (χ3n) is 1.93. The van der Waals surface area contributed by atoms with Gasteiger partial charge in [0, 0.05) is 12.1 Å². The largest absolute Gasteiger partial charge is 0.497 e. The van der Waals surface area contributed by atoms with Crippen molar-refractivity contribution < 1.29 is 17.9 Å². The van der Waals surface area contributed by atoms with Gasteiger partial charge in [0.2, 0.25) is 0 Å². The molecular weight excluding hydrogens is 204 g/mol. The molecule has 0 aliphatic carbocycles. The molecule has 1 heterocycles. The molecule has 2 aromatic rings. The van der Waals surface area contributed by atoms with Crippen LogP contribution in [0.3, 0.4) is 0 Å². The molecule has 15 heavy (non-hydrogen) atoms. The van der Waals surface area contributed by atoms with Crippen molar-refractivity contribution in [2.24, 2.45) is 0 Å². The molecule has 2 rings (SSSR count). The molecule has 78 valence electrons. The van der Waals surface area contributed by atoms with Crippen LogP contribution in [0.4, 0.5) is 8.78 Å². The molecule has 0 radical (unpaired) electrons. The zero-order valence-electron chi connectivity index (χ0n) is 7.83. The fraction of sp³-hybridized carbons (Fsp3) is 0.100. The Morgan fingerprint density at radius 3 is 2.40 bits per heavy atom. The third-order valence-corrected chi connectivity index (χ3v) is 1.93. The van der Waals surface area contributed by atoms with E-state index in [4.69, 9.17) is 9.15 Å². The fourth-order valence-corrected chi connectivity index (χ4v) is 1.24. The molecule has 0 aliphatic heterocycles. The van der Waals surface area contributed by atoms with Gasteiger partial charge in [0.25, 0.3) is 0 Å². The monoisotopic (exact) mass is 211 g/mol. The zero-order chi connectivity index (χ0) is 10.8. The number of ether oxygens (including phenoxy) is 1. The van der Waals surface area contributed by atoms with Gasteiger partial charge in [-0.1, -0.05) is 0 Å². The van der Waals surface area contributed by atoms with E-state index in [9.17, 15) is 8.78 Å². The molecule has 0 spiro atoms. The molecule has 5 heteroatoms. The smallest absolute Gasteiger partial charge is 0.181 e. The van der Waals surface area contributed by atoms with Crippen molar-refractivity contribution in [3.05, 3.63) is 36.4 Å². The number of benzene rings is 1. The Balaban J connectivity index is 2.58. The maximum absolute atomic E-state index is 13.5. The van der Waals surface area contributed by atoms with Crippen molar-refractivity contribution >= 4 is 0 Å². The van der Waals surface area contributed by atoms with Crippen molar-refractivity contribution in [1.29, 1.82) is 0 Å². The summed E-state index contributed by atoms with van der Waals surface area (Å²) < 4.78 is 36.5. The molecule has 0 atom stereocenters. The Labute approximate surface area is 84.3 Å². The number of hydrogen-bond donors (Lipinski definition) is 0. The topological polar surface area (TPSA) is 35.3 Å². The summed E-state index contributed by atoms with van der Waals surface area (Å²) in [6, 6.07) is 2.17. The average Bonchev–Trinajstić information content (AvgIpc) is 2.69. The number of oxazole rings is 1. The van der Waals surface area contributed by atoms with Crippen LogP contribution in [0, 0.1) is 11.6 Å². The number of hydrogen-bond acceptors (Lipinski definition) is 3. The highest BCUT2D eigenvalue weighted by atomic mass is 19.1. The second-order valence-corrected chi connectivity index (χ2v) is 2.83. The molecule has 0 amide bonds. The lowest BCUT2D eigenvalue weighted by atomic mass is 10.1. The summed E-state index contributed by atoms with van der Waals surface area (Å²) in [6.45, 7) is 0. The molecule has 0 unspecified atom stereocenters. The molecule has 1 aromatic heterocycles. The minimum absolute atomic E-state index is 0.0488. The van der Waals surface area contributed by atoms with Crippen LogP contribution in [-0.2, 0) is 0 Å². The first-order valence-corrected chi connectivity index (χ1v) is 4.14. The molecule has 0 fully saturated rings. The van der Waals surface area contributed by atoms with Crippen molar-refractivity contribution in [1.82, 2.24) is 4.98 Å². The SMILES string of the molecule is COc1cc(F)c(-c2cnco2)c(F)c1. The Morgan fingerprint density at radius 2 is 1.93 bits per heavy atom. The molecule has 3 nitrogen and oxygen atoms in total. The maximum Gasteiger partial charge on any atom is 0.181 e. The van der Waals surface area contributed by atoms with Gasteiger partial charge < -0.3 is 9.15 Å². The zero-order valence-corrected chi connectivity index (χ0v) is 7.83. The summed E-state index contributed by atoms with van der Waals surface area (Å²) in [6.07, 6.45) is 2.35. The van der Waals surface area contributed by atoms with Crippen molar-refractivity contribution in [3.63, 3.8) is 0 Å². The summed E-state index contributed by atoms with van der Waals surface area (Å²) in [5.74, 6) is -1.33. The highest BCUT2D eigenvalue weighted by Gasteiger charge is 2.16. The van der Waals surface area contributed by atoms with Crippen LogP contribution < -0.4 is 4.74 Å². The third kappa shape index (κ3) is 1.68. The van der Waals surface area contributed by atoms with Crippen LogP contribution >= 0.6 is 0 Å². The summed E-state index contributed by atoms with van der Waals surface area (Å²) >= 11 is 0. The minimum Gasteiger partial charge on any atom is -0.497 e. The lowest BCUT2D eigenvalue weighted by Crippen LogP contribution is -1.92. The van der Waals surface area contributed by atoms with Crippen molar-refractivity contribution in [3.8, 4) is 17.1 Å². The Morgan fingerprint density at radius 1 is 1.27 bits per heavy atom. The van der Waals surface area contributed by atoms with Gasteiger partial charge in [0.1, 0.15) is 17.4 Å². The summed E-state index contributed by atoms with van der Waals surface area (Å²) in [7, 11) is 1.34. The van der Waals surface area contributed by atoms with E-state index in [0.717, 1.165) is 18.5 Å². The van der Waals surface area contributed by atoms with Gasteiger partial charge in [-0.25, -0.2) is 13.8 Å². The molecular formula is C10H7F2NO2. The van der Waals surface area contributed by atoms with Crippen LogP contribution in [0.1, 0.15) is 0 Å². The predicted molar refractivity (Wildman–Crippen MR) is 48.4 cm³/mol.